The number of hydrogen-bond acceptors (Lipinski definition) is 5. The van der Waals surface area contributed by atoms with E-state index in [1.807, 2.05) is 29.2 Å². The second-order valence-electron chi connectivity index (χ2n) is 9.52. The van der Waals surface area contributed by atoms with Crippen LogP contribution in [0.15, 0.2) is 30.6 Å². The molecule has 1 aromatic heterocycles. The largest absolute Gasteiger partial charge is 0.353 e. The third-order valence-electron chi connectivity index (χ3n) is 7.19. The van der Waals surface area contributed by atoms with Crippen molar-refractivity contribution in [2.75, 3.05) is 44.2 Å². The highest BCUT2D eigenvalue weighted by molar-refractivity contribution is 6.30. The Morgan fingerprint density at radius 1 is 1.12 bits per heavy atom. The number of nitrogens with one attached hydrogen (secondary N) is 1. The highest BCUT2D eigenvalue weighted by atomic mass is 35.5. The fraction of sp³-hybridized carbons (Fsp3) is 0.560. The van der Waals surface area contributed by atoms with Gasteiger partial charge in [0, 0.05) is 49.0 Å². The first-order valence-corrected chi connectivity index (χ1v) is 12.3. The van der Waals surface area contributed by atoms with Gasteiger partial charge in [-0.1, -0.05) is 30.7 Å². The summed E-state index contributed by atoms with van der Waals surface area (Å²) in [5.41, 5.74) is 3.55. The van der Waals surface area contributed by atoms with Gasteiger partial charge in [0.05, 0.1) is 5.92 Å². The molecule has 1 saturated carbocycles. The Hall–Kier alpha value is -2.18. The summed E-state index contributed by atoms with van der Waals surface area (Å²) < 4.78 is 0. The van der Waals surface area contributed by atoms with E-state index in [0.717, 1.165) is 62.9 Å². The van der Waals surface area contributed by atoms with E-state index in [0.29, 0.717) is 17.5 Å². The molecular formula is C25H32ClN5O. The van der Waals surface area contributed by atoms with E-state index < -0.39 is 0 Å². The van der Waals surface area contributed by atoms with Crippen LogP contribution in [-0.2, 0) is 11.2 Å². The summed E-state index contributed by atoms with van der Waals surface area (Å²) in [6.07, 6.45) is 6.50. The summed E-state index contributed by atoms with van der Waals surface area (Å²) in [5.74, 6) is 2.40. The third-order valence-corrected chi connectivity index (χ3v) is 7.44. The standard InChI is InChI=1S/C25H32ClN5O/c1-17-2-9-22-23(17)24(29-16-28-22)30-10-12-31(13-11-30)25(32)21(15-27-14-18-3-4-18)19-5-7-20(26)8-6-19/h5-8,16-18,21,27H,2-4,9-15H2,1H3/t17-,21+/m1/s1. The van der Waals surface area contributed by atoms with Crippen LogP contribution in [0.3, 0.4) is 0 Å². The first-order valence-electron chi connectivity index (χ1n) is 11.9. The molecular weight excluding hydrogens is 422 g/mol. The molecule has 6 nitrogen and oxygen atoms in total. The molecule has 170 valence electrons. The van der Waals surface area contributed by atoms with Crippen LogP contribution in [0.4, 0.5) is 5.82 Å². The van der Waals surface area contributed by atoms with E-state index in [-0.39, 0.29) is 11.8 Å². The van der Waals surface area contributed by atoms with E-state index in [2.05, 4.69) is 27.1 Å². The Labute approximate surface area is 195 Å². The van der Waals surface area contributed by atoms with Gasteiger partial charge in [0.25, 0.3) is 0 Å². The smallest absolute Gasteiger partial charge is 0.231 e. The van der Waals surface area contributed by atoms with Crippen LogP contribution in [0, 0.1) is 5.92 Å². The Kier molecular flexibility index (Phi) is 6.33. The number of anilines is 1. The number of hydrogen-bond donors (Lipinski definition) is 1. The second-order valence-corrected chi connectivity index (χ2v) is 9.95. The molecule has 2 aliphatic carbocycles. The summed E-state index contributed by atoms with van der Waals surface area (Å²) in [4.78, 5) is 27.1. The number of rotatable bonds is 7. The van der Waals surface area contributed by atoms with E-state index in [1.54, 1.807) is 6.33 Å². The molecule has 0 bridgehead atoms. The quantitative estimate of drug-likeness (QED) is 0.693. The number of aromatic nitrogens is 2. The third kappa shape index (κ3) is 4.62. The van der Waals surface area contributed by atoms with Crippen molar-refractivity contribution in [3.8, 4) is 0 Å². The van der Waals surface area contributed by atoms with Crippen molar-refractivity contribution in [3.63, 3.8) is 0 Å². The molecule has 2 heterocycles. The molecule has 5 rings (SSSR count). The SMILES string of the molecule is C[C@@H]1CCc2ncnc(N3CCN(C(=O)[C@@H](CNCC4CC4)c4ccc(Cl)cc4)CC3)c21. The lowest BCUT2D eigenvalue weighted by molar-refractivity contribution is -0.133. The molecule has 0 spiro atoms. The number of fused-ring (bicyclic) bond motifs is 1. The average Bonchev–Trinajstić information content (AvgIpc) is 3.57. The molecule has 1 N–H and O–H groups in total. The normalized spacial score (nSPS) is 21.5. The van der Waals surface area contributed by atoms with Gasteiger partial charge in [-0.2, -0.15) is 0 Å². The summed E-state index contributed by atoms with van der Waals surface area (Å²) in [6, 6.07) is 7.75. The second kappa shape index (κ2) is 9.36. The fourth-order valence-corrected chi connectivity index (χ4v) is 5.16. The van der Waals surface area contributed by atoms with Crippen molar-refractivity contribution < 1.29 is 4.79 Å². The molecule has 1 saturated heterocycles. The maximum atomic E-state index is 13.6. The van der Waals surface area contributed by atoms with Crippen LogP contribution in [0.5, 0.6) is 0 Å². The maximum absolute atomic E-state index is 13.6. The van der Waals surface area contributed by atoms with Crippen LogP contribution < -0.4 is 10.2 Å². The minimum atomic E-state index is -0.180. The number of aryl methyl sites for hydroxylation is 1. The zero-order chi connectivity index (χ0) is 22.1. The molecule has 2 aromatic rings. The lowest BCUT2D eigenvalue weighted by Gasteiger charge is -2.38. The van der Waals surface area contributed by atoms with E-state index in [9.17, 15) is 4.79 Å². The van der Waals surface area contributed by atoms with Gasteiger partial charge in [-0.3, -0.25) is 4.79 Å². The Morgan fingerprint density at radius 2 is 1.88 bits per heavy atom. The lowest BCUT2D eigenvalue weighted by Crippen LogP contribution is -2.51. The van der Waals surface area contributed by atoms with Crippen LogP contribution in [0.25, 0.3) is 0 Å². The van der Waals surface area contributed by atoms with Gasteiger partial charge in [-0.05, 0) is 61.8 Å². The minimum absolute atomic E-state index is 0.180. The highest BCUT2D eigenvalue weighted by Crippen LogP contribution is 2.37. The van der Waals surface area contributed by atoms with Crippen molar-refractivity contribution >= 4 is 23.3 Å². The van der Waals surface area contributed by atoms with Gasteiger partial charge in [-0.25, -0.2) is 9.97 Å². The molecule has 3 aliphatic rings. The summed E-state index contributed by atoms with van der Waals surface area (Å²) in [7, 11) is 0. The monoisotopic (exact) mass is 453 g/mol. The van der Waals surface area contributed by atoms with Crippen LogP contribution in [-0.4, -0.2) is 60.0 Å². The number of amides is 1. The van der Waals surface area contributed by atoms with E-state index in [4.69, 9.17) is 11.6 Å². The topological polar surface area (TPSA) is 61.4 Å². The molecule has 1 aliphatic heterocycles. The Morgan fingerprint density at radius 3 is 2.59 bits per heavy atom. The van der Waals surface area contributed by atoms with Crippen molar-refractivity contribution in [1.82, 2.24) is 20.2 Å². The fourth-order valence-electron chi connectivity index (χ4n) is 5.03. The number of benzene rings is 1. The average molecular weight is 454 g/mol. The zero-order valence-corrected chi connectivity index (χ0v) is 19.5. The predicted molar refractivity (Wildman–Crippen MR) is 127 cm³/mol. The molecule has 0 unspecified atom stereocenters. The van der Waals surface area contributed by atoms with Gasteiger partial charge >= 0.3 is 0 Å². The zero-order valence-electron chi connectivity index (χ0n) is 18.8. The van der Waals surface area contributed by atoms with Gasteiger partial charge in [0.2, 0.25) is 5.91 Å². The highest BCUT2D eigenvalue weighted by Gasteiger charge is 2.32. The first kappa shape index (κ1) is 21.7. The van der Waals surface area contributed by atoms with E-state index in [1.165, 1.54) is 24.1 Å². The maximum Gasteiger partial charge on any atom is 0.231 e. The van der Waals surface area contributed by atoms with Gasteiger partial charge in [-0.15, -0.1) is 0 Å². The predicted octanol–water partition coefficient (Wildman–Crippen LogP) is 3.61. The van der Waals surface area contributed by atoms with Crippen LogP contribution in [0.2, 0.25) is 5.02 Å². The van der Waals surface area contributed by atoms with Gasteiger partial charge in [0.1, 0.15) is 12.1 Å². The summed E-state index contributed by atoms with van der Waals surface area (Å²) in [6.45, 7) is 7.01. The molecule has 2 atom stereocenters. The van der Waals surface area contributed by atoms with Crippen molar-refractivity contribution in [2.24, 2.45) is 5.92 Å². The Balaban J connectivity index is 1.26. The molecule has 1 aromatic carbocycles. The molecule has 7 heteroatoms. The van der Waals surface area contributed by atoms with Gasteiger partial charge < -0.3 is 15.1 Å². The van der Waals surface area contributed by atoms with Crippen LogP contribution in [0.1, 0.15) is 54.8 Å². The molecule has 32 heavy (non-hydrogen) atoms. The number of piperazine rings is 1. The van der Waals surface area contributed by atoms with E-state index >= 15 is 0 Å². The number of nitrogens with zero attached hydrogens (tertiary/aromatic N) is 4. The number of carbonyl (C=O) groups is 1. The summed E-state index contributed by atoms with van der Waals surface area (Å²) in [5, 5.41) is 4.24. The van der Waals surface area contributed by atoms with Crippen molar-refractivity contribution in [2.45, 2.75) is 44.4 Å². The van der Waals surface area contributed by atoms with Gasteiger partial charge in [0.15, 0.2) is 0 Å². The number of halogens is 1. The van der Waals surface area contributed by atoms with Crippen molar-refractivity contribution in [3.05, 3.63) is 52.4 Å². The minimum Gasteiger partial charge on any atom is -0.353 e. The van der Waals surface area contributed by atoms with Crippen molar-refractivity contribution in [1.29, 1.82) is 0 Å². The molecule has 2 fully saturated rings. The van der Waals surface area contributed by atoms with Crippen LogP contribution >= 0.6 is 11.6 Å². The summed E-state index contributed by atoms with van der Waals surface area (Å²) >= 11 is 6.10. The first-order chi connectivity index (χ1) is 15.6. The molecule has 0 radical (unpaired) electrons. The lowest BCUT2D eigenvalue weighted by atomic mass is 9.97. The Bertz CT molecular complexity index is 953. The molecule has 1 amide bonds. The number of carbonyl (C=O) groups excluding carboxylic acids is 1.